The molecule has 0 aliphatic heterocycles. The van der Waals surface area contributed by atoms with Crippen molar-refractivity contribution in [2.45, 2.75) is 0 Å². The maximum absolute atomic E-state index is 13.5. The quantitative estimate of drug-likeness (QED) is 0.454. The van der Waals surface area contributed by atoms with Gasteiger partial charge in [-0.1, -0.05) is 36.4 Å². The number of nitrogens with zero attached hydrogens (tertiary/aromatic N) is 3. The van der Waals surface area contributed by atoms with E-state index in [1.165, 1.54) is 0 Å². The summed E-state index contributed by atoms with van der Waals surface area (Å²) in [5.41, 5.74) is 3.49. The Hall–Kier alpha value is -4.06. The highest BCUT2D eigenvalue weighted by Crippen LogP contribution is 2.34. The number of anilines is 1. The van der Waals surface area contributed by atoms with E-state index in [1.807, 2.05) is 78.9 Å². The zero-order valence-electron chi connectivity index (χ0n) is 17.6. The average molecular weight is 413 g/mol. The molecule has 3 aromatic carbocycles. The highest BCUT2D eigenvalue weighted by atomic mass is 16.5. The van der Waals surface area contributed by atoms with Crippen LogP contribution in [-0.2, 0) is 0 Å². The van der Waals surface area contributed by atoms with Gasteiger partial charge in [-0.15, -0.1) is 0 Å². The first-order valence-corrected chi connectivity index (χ1v) is 9.83. The second-order valence-electron chi connectivity index (χ2n) is 6.94. The Kier molecular flexibility index (Phi) is 5.71. The molecule has 1 amide bonds. The fraction of sp³-hybridized carbons (Fsp3) is 0.120. The summed E-state index contributed by atoms with van der Waals surface area (Å²) in [7, 11) is 4.93. The van der Waals surface area contributed by atoms with Crippen LogP contribution in [0, 0.1) is 0 Å². The highest BCUT2D eigenvalue weighted by Gasteiger charge is 2.23. The van der Waals surface area contributed by atoms with Crippen LogP contribution < -0.4 is 14.4 Å². The third kappa shape index (κ3) is 4.00. The van der Waals surface area contributed by atoms with Crippen molar-refractivity contribution in [3.8, 4) is 28.4 Å². The molecule has 0 saturated carbocycles. The average Bonchev–Trinajstić information content (AvgIpc) is 3.29. The van der Waals surface area contributed by atoms with E-state index in [0.29, 0.717) is 22.8 Å². The van der Waals surface area contributed by atoms with Crippen LogP contribution in [0.3, 0.4) is 0 Å². The number of hydrogen-bond acceptors (Lipinski definition) is 4. The van der Waals surface area contributed by atoms with Crippen LogP contribution in [0.25, 0.3) is 16.9 Å². The fourth-order valence-corrected chi connectivity index (χ4v) is 3.39. The Morgan fingerprint density at radius 2 is 1.52 bits per heavy atom. The molecule has 6 heteroatoms. The molecule has 0 unspecified atom stereocenters. The van der Waals surface area contributed by atoms with E-state index in [4.69, 9.17) is 14.6 Å². The molecule has 0 aliphatic rings. The molecule has 156 valence electrons. The fourth-order valence-electron chi connectivity index (χ4n) is 3.39. The number of ether oxygens (including phenoxy) is 2. The molecule has 1 aromatic heterocycles. The van der Waals surface area contributed by atoms with Crippen LogP contribution in [0.2, 0.25) is 0 Å². The molecule has 0 bridgehead atoms. The Bertz CT molecular complexity index is 1190. The zero-order valence-corrected chi connectivity index (χ0v) is 17.6. The van der Waals surface area contributed by atoms with E-state index in [9.17, 15) is 4.79 Å². The standard InChI is InChI=1S/C25H23N3O3/c1-27(19-10-6-4-7-11-19)25(29)21-17-28(20-12-8-5-9-13-20)26-24(21)18-14-15-22(30-2)23(16-18)31-3/h4-17H,1-3H3. The number of carbonyl (C=O) groups excluding carboxylic acids is 1. The van der Waals surface area contributed by atoms with Crippen LogP contribution >= 0.6 is 0 Å². The molecule has 0 saturated heterocycles. The predicted octanol–water partition coefficient (Wildman–Crippen LogP) is 4.83. The molecule has 0 spiro atoms. The minimum Gasteiger partial charge on any atom is -0.493 e. The highest BCUT2D eigenvalue weighted by molar-refractivity contribution is 6.09. The second-order valence-corrected chi connectivity index (χ2v) is 6.94. The van der Waals surface area contributed by atoms with Crippen molar-refractivity contribution in [2.24, 2.45) is 0 Å². The summed E-state index contributed by atoms with van der Waals surface area (Å²) in [6.07, 6.45) is 1.77. The molecular formula is C25H23N3O3. The van der Waals surface area contributed by atoms with Crippen LogP contribution in [0.4, 0.5) is 5.69 Å². The van der Waals surface area contributed by atoms with Gasteiger partial charge in [0.2, 0.25) is 0 Å². The Morgan fingerprint density at radius 1 is 0.871 bits per heavy atom. The van der Waals surface area contributed by atoms with Crippen LogP contribution in [0.1, 0.15) is 10.4 Å². The van der Waals surface area contributed by atoms with E-state index in [1.54, 1.807) is 37.0 Å². The van der Waals surface area contributed by atoms with Gasteiger partial charge >= 0.3 is 0 Å². The number of para-hydroxylation sites is 2. The van der Waals surface area contributed by atoms with Crippen molar-refractivity contribution in [3.05, 3.63) is 90.6 Å². The number of hydrogen-bond donors (Lipinski definition) is 0. The molecule has 0 N–H and O–H groups in total. The van der Waals surface area contributed by atoms with Crippen molar-refractivity contribution in [1.82, 2.24) is 9.78 Å². The van der Waals surface area contributed by atoms with Gasteiger partial charge in [0.25, 0.3) is 5.91 Å². The van der Waals surface area contributed by atoms with Gasteiger partial charge in [-0.3, -0.25) is 4.79 Å². The summed E-state index contributed by atoms with van der Waals surface area (Å²) in [4.78, 5) is 15.1. The van der Waals surface area contributed by atoms with E-state index < -0.39 is 0 Å². The number of carbonyl (C=O) groups is 1. The lowest BCUT2D eigenvalue weighted by Crippen LogP contribution is -2.26. The lowest BCUT2D eigenvalue weighted by atomic mass is 10.1. The van der Waals surface area contributed by atoms with Gasteiger partial charge in [-0.25, -0.2) is 4.68 Å². The summed E-state index contributed by atoms with van der Waals surface area (Å²) in [6, 6.07) is 24.7. The Morgan fingerprint density at radius 3 is 2.16 bits per heavy atom. The van der Waals surface area contributed by atoms with Crippen molar-refractivity contribution in [1.29, 1.82) is 0 Å². The molecule has 31 heavy (non-hydrogen) atoms. The third-order valence-corrected chi connectivity index (χ3v) is 5.07. The minimum absolute atomic E-state index is 0.154. The lowest BCUT2D eigenvalue weighted by molar-refractivity contribution is 0.0993. The number of aromatic nitrogens is 2. The predicted molar refractivity (Wildman–Crippen MR) is 121 cm³/mol. The van der Waals surface area contributed by atoms with E-state index >= 15 is 0 Å². The molecule has 0 aliphatic carbocycles. The Labute approximate surface area is 181 Å². The normalized spacial score (nSPS) is 10.5. The summed E-state index contributed by atoms with van der Waals surface area (Å²) < 4.78 is 12.5. The van der Waals surface area contributed by atoms with Crippen molar-refractivity contribution >= 4 is 11.6 Å². The van der Waals surface area contributed by atoms with Crippen molar-refractivity contribution in [2.75, 3.05) is 26.2 Å². The van der Waals surface area contributed by atoms with Crippen LogP contribution in [0.15, 0.2) is 85.1 Å². The molecular weight excluding hydrogens is 390 g/mol. The maximum atomic E-state index is 13.5. The maximum Gasteiger partial charge on any atom is 0.261 e. The lowest BCUT2D eigenvalue weighted by Gasteiger charge is -2.17. The largest absolute Gasteiger partial charge is 0.493 e. The first kappa shape index (κ1) is 20.2. The summed E-state index contributed by atoms with van der Waals surface area (Å²) >= 11 is 0. The Balaban J connectivity index is 1.84. The first-order valence-electron chi connectivity index (χ1n) is 9.83. The van der Waals surface area contributed by atoms with Gasteiger partial charge in [0.1, 0.15) is 5.69 Å². The summed E-state index contributed by atoms with van der Waals surface area (Å²) in [5.74, 6) is 1.03. The van der Waals surface area contributed by atoms with Crippen LogP contribution in [-0.4, -0.2) is 37.0 Å². The minimum atomic E-state index is -0.154. The van der Waals surface area contributed by atoms with E-state index in [2.05, 4.69) is 0 Å². The van der Waals surface area contributed by atoms with Gasteiger partial charge in [-0.05, 0) is 42.5 Å². The van der Waals surface area contributed by atoms with Gasteiger partial charge < -0.3 is 14.4 Å². The molecule has 1 heterocycles. The monoisotopic (exact) mass is 413 g/mol. The van der Waals surface area contributed by atoms with Gasteiger partial charge in [0.15, 0.2) is 11.5 Å². The van der Waals surface area contributed by atoms with Gasteiger partial charge in [0.05, 0.1) is 25.5 Å². The summed E-state index contributed by atoms with van der Waals surface area (Å²) in [5, 5.41) is 4.75. The molecule has 6 nitrogen and oxygen atoms in total. The number of benzene rings is 3. The zero-order chi connectivity index (χ0) is 21.8. The van der Waals surface area contributed by atoms with Gasteiger partial charge in [0, 0.05) is 24.5 Å². The topological polar surface area (TPSA) is 56.6 Å². The molecule has 0 radical (unpaired) electrons. The van der Waals surface area contributed by atoms with Crippen molar-refractivity contribution < 1.29 is 14.3 Å². The molecule has 4 aromatic rings. The molecule has 0 fully saturated rings. The van der Waals surface area contributed by atoms with E-state index in [-0.39, 0.29) is 5.91 Å². The molecule has 4 rings (SSSR count). The first-order chi connectivity index (χ1) is 15.1. The molecule has 0 atom stereocenters. The smallest absolute Gasteiger partial charge is 0.261 e. The van der Waals surface area contributed by atoms with E-state index in [0.717, 1.165) is 16.9 Å². The summed E-state index contributed by atoms with van der Waals surface area (Å²) in [6.45, 7) is 0. The number of rotatable bonds is 6. The van der Waals surface area contributed by atoms with Crippen molar-refractivity contribution in [3.63, 3.8) is 0 Å². The second kappa shape index (κ2) is 8.75. The van der Waals surface area contributed by atoms with Gasteiger partial charge in [-0.2, -0.15) is 5.10 Å². The van der Waals surface area contributed by atoms with Crippen LogP contribution in [0.5, 0.6) is 11.5 Å². The number of methoxy groups -OCH3 is 2. The third-order valence-electron chi connectivity index (χ3n) is 5.07. The number of amides is 1. The SMILES string of the molecule is COc1ccc(-c2nn(-c3ccccc3)cc2C(=O)N(C)c2ccccc2)cc1OC.